The van der Waals surface area contributed by atoms with Gasteiger partial charge in [-0.1, -0.05) is 0 Å². The number of nitro benzene ring substituents is 1. The third-order valence-electron chi connectivity index (χ3n) is 5.91. The minimum absolute atomic E-state index is 0.0347. The van der Waals surface area contributed by atoms with Crippen molar-refractivity contribution in [2.24, 2.45) is 0 Å². The summed E-state index contributed by atoms with van der Waals surface area (Å²) in [4.78, 5) is 32.3. The van der Waals surface area contributed by atoms with Crippen molar-refractivity contribution in [2.75, 3.05) is 37.6 Å². The van der Waals surface area contributed by atoms with Crippen molar-refractivity contribution in [2.45, 2.75) is 26.8 Å². The van der Waals surface area contributed by atoms with Gasteiger partial charge in [-0.05, 0) is 50.1 Å². The Morgan fingerprint density at radius 2 is 1.72 bits per heavy atom. The minimum Gasteiger partial charge on any atom is -0.354 e. The van der Waals surface area contributed by atoms with Crippen molar-refractivity contribution >= 4 is 11.5 Å². The second kappa shape index (κ2) is 9.35. The standard InChI is InChI=1S/C23H28N6O3/c1-18-8-9-24-22(16-18)26-14-12-25(13-15-26)10-3-11-27-23(30)17-19(2)28(27)20-4-6-21(7-5-20)29(31)32/h4-9,16-17H,3,10-15H2,1-2H3. The molecule has 0 bridgehead atoms. The van der Waals surface area contributed by atoms with E-state index in [-0.39, 0.29) is 11.2 Å². The predicted molar refractivity (Wildman–Crippen MR) is 124 cm³/mol. The zero-order chi connectivity index (χ0) is 22.7. The van der Waals surface area contributed by atoms with Crippen LogP contribution >= 0.6 is 0 Å². The van der Waals surface area contributed by atoms with Gasteiger partial charge in [0.25, 0.3) is 11.2 Å². The summed E-state index contributed by atoms with van der Waals surface area (Å²) in [7, 11) is 0. The molecule has 1 fully saturated rings. The van der Waals surface area contributed by atoms with E-state index < -0.39 is 4.92 Å². The Bertz CT molecular complexity index is 1140. The molecule has 0 radical (unpaired) electrons. The summed E-state index contributed by atoms with van der Waals surface area (Å²) in [6, 6.07) is 12.0. The lowest BCUT2D eigenvalue weighted by Crippen LogP contribution is -2.47. The molecule has 3 aromatic rings. The lowest BCUT2D eigenvalue weighted by atomic mass is 10.2. The van der Waals surface area contributed by atoms with E-state index in [9.17, 15) is 14.9 Å². The van der Waals surface area contributed by atoms with Gasteiger partial charge in [0, 0.05) is 69.4 Å². The molecule has 1 aromatic carbocycles. The van der Waals surface area contributed by atoms with Crippen LogP contribution in [0.5, 0.6) is 0 Å². The van der Waals surface area contributed by atoms with Crippen LogP contribution in [0.25, 0.3) is 5.69 Å². The number of non-ortho nitro benzene ring substituents is 1. The molecule has 0 unspecified atom stereocenters. The van der Waals surface area contributed by atoms with Gasteiger partial charge >= 0.3 is 0 Å². The number of aryl methyl sites for hydroxylation is 2. The Morgan fingerprint density at radius 1 is 1.00 bits per heavy atom. The summed E-state index contributed by atoms with van der Waals surface area (Å²) in [6.45, 7) is 9.26. The minimum atomic E-state index is -0.422. The molecule has 0 spiro atoms. The summed E-state index contributed by atoms with van der Waals surface area (Å²) in [5.74, 6) is 1.03. The van der Waals surface area contributed by atoms with Gasteiger partial charge in [-0.15, -0.1) is 0 Å². The summed E-state index contributed by atoms with van der Waals surface area (Å²) in [5.41, 5.74) is 2.75. The van der Waals surface area contributed by atoms with E-state index >= 15 is 0 Å². The fourth-order valence-electron chi connectivity index (χ4n) is 4.21. The van der Waals surface area contributed by atoms with Gasteiger partial charge in [0.2, 0.25) is 0 Å². The van der Waals surface area contributed by atoms with E-state index in [2.05, 4.69) is 27.8 Å². The Morgan fingerprint density at radius 3 is 2.38 bits per heavy atom. The molecular weight excluding hydrogens is 408 g/mol. The van der Waals surface area contributed by atoms with Gasteiger partial charge in [-0.3, -0.25) is 24.5 Å². The first-order chi connectivity index (χ1) is 15.4. The van der Waals surface area contributed by atoms with Gasteiger partial charge in [-0.2, -0.15) is 0 Å². The number of pyridine rings is 1. The maximum absolute atomic E-state index is 12.5. The fourth-order valence-corrected chi connectivity index (χ4v) is 4.21. The van der Waals surface area contributed by atoms with Crippen LogP contribution in [0, 0.1) is 24.0 Å². The van der Waals surface area contributed by atoms with Crippen molar-refractivity contribution in [3.05, 3.63) is 80.4 Å². The van der Waals surface area contributed by atoms with Gasteiger partial charge in [0.15, 0.2) is 0 Å². The molecule has 1 saturated heterocycles. The first-order valence-electron chi connectivity index (χ1n) is 10.9. The van der Waals surface area contributed by atoms with Crippen LogP contribution in [-0.4, -0.2) is 56.9 Å². The maximum atomic E-state index is 12.5. The van der Waals surface area contributed by atoms with E-state index in [4.69, 9.17) is 0 Å². The van der Waals surface area contributed by atoms with Crippen molar-refractivity contribution in [3.63, 3.8) is 0 Å². The van der Waals surface area contributed by atoms with Crippen LogP contribution in [0.15, 0.2) is 53.5 Å². The van der Waals surface area contributed by atoms with Crippen molar-refractivity contribution < 1.29 is 4.92 Å². The normalized spacial score (nSPS) is 14.6. The number of benzene rings is 1. The number of hydrogen-bond acceptors (Lipinski definition) is 6. The Hall–Kier alpha value is -3.46. The van der Waals surface area contributed by atoms with E-state index in [0.717, 1.165) is 56.3 Å². The molecule has 4 rings (SSSR count). The molecule has 0 atom stereocenters. The van der Waals surface area contributed by atoms with E-state index in [1.165, 1.54) is 17.7 Å². The van der Waals surface area contributed by atoms with Crippen LogP contribution in [0.3, 0.4) is 0 Å². The van der Waals surface area contributed by atoms with Gasteiger partial charge in [0.1, 0.15) is 5.82 Å². The molecule has 0 amide bonds. The summed E-state index contributed by atoms with van der Waals surface area (Å²) in [6.07, 6.45) is 2.70. The largest absolute Gasteiger partial charge is 0.354 e. The third-order valence-corrected chi connectivity index (χ3v) is 5.91. The Labute approximate surface area is 186 Å². The SMILES string of the molecule is Cc1ccnc(N2CCN(CCCn3c(=O)cc(C)n3-c3ccc([N+](=O)[O-])cc3)CC2)c1. The van der Waals surface area contributed by atoms with Crippen LogP contribution < -0.4 is 10.5 Å². The predicted octanol–water partition coefficient (Wildman–Crippen LogP) is 2.77. The molecule has 2 aromatic heterocycles. The number of anilines is 1. The molecule has 0 saturated carbocycles. The summed E-state index contributed by atoms with van der Waals surface area (Å²) >= 11 is 0. The molecule has 1 aliphatic heterocycles. The quantitative estimate of drug-likeness (QED) is 0.418. The molecular formula is C23H28N6O3. The second-order valence-electron chi connectivity index (χ2n) is 8.21. The zero-order valence-corrected chi connectivity index (χ0v) is 18.5. The van der Waals surface area contributed by atoms with Crippen LogP contribution in [0.4, 0.5) is 11.5 Å². The van der Waals surface area contributed by atoms with Gasteiger partial charge in [-0.25, -0.2) is 9.67 Å². The van der Waals surface area contributed by atoms with Crippen LogP contribution in [0.2, 0.25) is 0 Å². The van der Waals surface area contributed by atoms with E-state index in [1.54, 1.807) is 22.9 Å². The highest BCUT2D eigenvalue weighted by atomic mass is 16.6. The molecule has 32 heavy (non-hydrogen) atoms. The number of hydrogen-bond donors (Lipinski definition) is 0. The second-order valence-corrected chi connectivity index (χ2v) is 8.21. The molecule has 1 aliphatic rings. The average Bonchev–Trinajstić information content (AvgIpc) is 3.07. The molecule has 0 aliphatic carbocycles. The number of aromatic nitrogens is 3. The average molecular weight is 437 g/mol. The molecule has 9 heteroatoms. The Kier molecular flexibility index (Phi) is 6.36. The number of nitrogens with zero attached hydrogens (tertiary/aromatic N) is 6. The highest BCUT2D eigenvalue weighted by Gasteiger charge is 2.18. The Balaban J connectivity index is 1.36. The number of nitro groups is 1. The highest BCUT2D eigenvalue weighted by molar-refractivity contribution is 5.42. The van der Waals surface area contributed by atoms with Gasteiger partial charge < -0.3 is 4.90 Å². The van der Waals surface area contributed by atoms with Crippen molar-refractivity contribution in [1.82, 2.24) is 19.2 Å². The first kappa shape index (κ1) is 21.8. The smallest absolute Gasteiger partial charge is 0.269 e. The van der Waals surface area contributed by atoms with E-state index in [0.29, 0.717) is 6.54 Å². The maximum Gasteiger partial charge on any atom is 0.269 e. The van der Waals surface area contributed by atoms with Crippen LogP contribution in [0.1, 0.15) is 17.7 Å². The summed E-state index contributed by atoms with van der Waals surface area (Å²) < 4.78 is 3.55. The molecule has 3 heterocycles. The monoisotopic (exact) mass is 436 g/mol. The lowest BCUT2D eigenvalue weighted by molar-refractivity contribution is -0.384. The number of rotatable bonds is 7. The first-order valence-corrected chi connectivity index (χ1v) is 10.9. The third kappa shape index (κ3) is 4.72. The van der Waals surface area contributed by atoms with Gasteiger partial charge in [0.05, 0.1) is 10.6 Å². The van der Waals surface area contributed by atoms with E-state index in [1.807, 2.05) is 23.9 Å². The fraction of sp³-hybridized carbons (Fsp3) is 0.391. The molecule has 168 valence electrons. The summed E-state index contributed by atoms with van der Waals surface area (Å²) in [5, 5.41) is 10.9. The highest BCUT2D eigenvalue weighted by Crippen LogP contribution is 2.17. The zero-order valence-electron chi connectivity index (χ0n) is 18.5. The topological polar surface area (TPSA) is 89.4 Å². The van der Waals surface area contributed by atoms with Crippen molar-refractivity contribution in [1.29, 1.82) is 0 Å². The molecule has 9 nitrogen and oxygen atoms in total. The van der Waals surface area contributed by atoms with Crippen LogP contribution in [-0.2, 0) is 6.54 Å². The molecule has 0 N–H and O–H groups in total. The van der Waals surface area contributed by atoms with Crippen molar-refractivity contribution in [3.8, 4) is 5.69 Å². The number of piperazine rings is 1. The lowest BCUT2D eigenvalue weighted by Gasteiger charge is -2.35.